The fraction of sp³-hybridized carbons (Fsp3) is 0.357. The summed E-state index contributed by atoms with van der Waals surface area (Å²) in [6.45, 7) is 9.02. The van der Waals surface area contributed by atoms with E-state index in [0.717, 1.165) is 11.1 Å². The molecule has 1 unspecified atom stereocenters. The molecule has 3 heteroatoms. The average molecular weight is 343 g/mol. The van der Waals surface area contributed by atoms with Crippen LogP contribution in [0.2, 0.25) is 0 Å². The number of carbonyl (C=O) groups is 1. The van der Waals surface area contributed by atoms with Crippen LogP contribution in [-0.2, 0) is 11.3 Å². The predicted molar refractivity (Wildman–Crippen MR) is 80.2 cm³/mol. The Kier molecular flexibility index (Phi) is 5.68. The zero-order valence-electron chi connectivity index (χ0n) is 10.3. The van der Waals surface area contributed by atoms with Crippen molar-refractivity contribution in [3.8, 4) is 0 Å². The molecule has 0 N–H and O–H groups in total. The summed E-state index contributed by atoms with van der Waals surface area (Å²) in [5, 5.41) is 0. The molecule has 0 aromatic heterocycles. The van der Waals surface area contributed by atoms with Gasteiger partial charge in [0.15, 0.2) is 0 Å². The van der Waals surface area contributed by atoms with Crippen LogP contribution < -0.4 is 0 Å². The van der Waals surface area contributed by atoms with Crippen molar-refractivity contribution in [1.82, 2.24) is 4.90 Å². The van der Waals surface area contributed by atoms with Crippen molar-refractivity contribution in [2.75, 3.05) is 6.54 Å². The smallest absolute Gasteiger partial charge is 0.235 e. The summed E-state index contributed by atoms with van der Waals surface area (Å²) in [6.07, 6.45) is 0. The van der Waals surface area contributed by atoms with E-state index in [0.29, 0.717) is 13.1 Å². The molecule has 0 bridgehead atoms. The molecule has 1 rings (SSSR count). The Hall–Kier alpha value is -0.840. The van der Waals surface area contributed by atoms with E-state index >= 15 is 0 Å². The number of hydrogen-bond donors (Lipinski definition) is 0. The Morgan fingerprint density at radius 3 is 2.47 bits per heavy atom. The van der Waals surface area contributed by atoms with Crippen molar-refractivity contribution in [3.63, 3.8) is 0 Å². The Balaban J connectivity index is 2.77. The van der Waals surface area contributed by atoms with Gasteiger partial charge in [0.05, 0.1) is 3.92 Å². The second-order valence-electron chi connectivity index (χ2n) is 4.25. The van der Waals surface area contributed by atoms with Gasteiger partial charge >= 0.3 is 0 Å². The maximum absolute atomic E-state index is 12.1. The summed E-state index contributed by atoms with van der Waals surface area (Å²) in [4.78, 5) is 13.9. The first kappa shape index (κ1) is 14.2. The highest BCUT2D eigenvalue weighted by Crippen LogP contribution is 2.11. The largest absolute Gasteiger partial charge is 0.333 e. The van der Waals surface area contributed by atoms with Crippen molar-refractivity contribution >= 4 is 28.5 Å². The lowest BCUT2D eigenvalue weighted by atomic mass is 10.2. The Morgan fingerprint density at radius 2 is 2.00 bits per heavy atom. The highest BCUT2D eigenvalue weighted by Gasteiger charge is 2.18. The number of carbonyl (C=O) groups excluding carboxylic acids is 1. The van der Waals surface area contributed by atoms with E-state index in [1.165, 1.54) is 0 Å². The molecular weight excluding hydrogens is 325 g/mol. The zero-order valence-corrected chi connectivity index (χ0v) is 12.5. The van der Waals surface area contributed by atoms with Crippen molar-refractivity contribution in [1.29, 1.82) is 0 Å². The maximum atomic E-state index is 12.1. The van der Waals surface area contributed by atoms with E-state index < -0.39 is 0 Å². The highest BCUT2D eigenvalue weighted by molar-refractivity contribution is 14.1. The molecule has 0 aliphatic heterocycles. The maximum Gasteiger partial charge on any atom is 0.235 e. The fourth-order valence-corrected chi connectivity index (χ4v) is 1.99. The molecule has 0 saturated heterocycles. The van der Waals surface area contributed by atoms with Gasteiger partial charge in [-0.25, -0.2) is 0 Å². The molecule has 1 atom stereocenters. The SMILES string of the molecule is C=C(C)CN(Cc1ccccc1)C(=O)C(C)I. The van der Waals surface area contributed by atoms with Crippen LogP contribution in [0.3, 0.4) is 0 Å². The van der Waals surface area contributed by atoms with Crippen LogP contribution in [0.4, 0.5) is 0 Å². The first-order valence-corrected chi connectivity index (χ1v) is 6.86. The number of amides is 1. The first-order chi connectivity index (χ1) is 8.00. The molecule has 0 aliphatic carbocycles. The van der Waals surface area contributed by atoms with Crippen LogP contribution in [0, 0.1) is 0 Å². The van der Waals surface area contributed by atoms with Gasteiger partial charge in [-0.2, -0.15) is 0 Å². The van der Waals surface area contributed by atoms with Crippen LogP contribution in [0.1, 0.15) is 19.4 Å². The second-order valence-corrected chi connectivity index (χ2v) is 6.12. The number of nitrogens with zero attached hydrogens (tertiary/aromatic N) is 1. The van der Waals surface area contributed by atoms with E-state index in [-0.39, 0.29) is 9.83 Å². The lowest BCUT2D eigenvalue weighted by molar-refractivity contribution is -0.130. The lowest BCUT2D eigenvalue weighted by Gasteiger charge is -2.24. The van der Waals surface area contributed by atoms with Crippen LogP contribution in [0.5, 0.6) is 0 Å². The van der Waals surface area contributed by atoms with Gasteiger partial charge < -0.3 is 4.90 Å². The van der Waals surface area contributed by atoms with Crippen molar-refractivity contribution < 1.29 is 4.79 Å². The summed E-state index contributed by atoms with van der Waals surface area (Å²) < 4.78 is -0.00402. The number of halogens is 1. The number of hydrogen-bond acceptors (Lipinski definition) is 1. The molecule has 92 valence electrons. The monoisotopic (exact) mass is 343 g/mol. The normalized spacial score (nSPS) is 11.9. The third-order valence-corrected chi connectivity index (χ3v) is 2.86. The summed E-state index contributed by atoms with van der Waals surface area (Å²) in [5.74, 6) is 0.164. The second kappa shape index (κ2) is 6.79. The van der Waals surface area contributed by atoms with Gasteiger partial charge in [-0.05, 0) is 19.4 Å². The summed E-state index contributed by atoms with van der Waals surface area (Å²) in [6, 6.07) is 10.0. The van der Waals surface area contributed by atoms with E-state index in [4.69, 9.17) is 0 Å². The highest BCUT2D eigenvalue weighted by atomic mass is 127. The summed E-state index contributed by atoms with van der Waals surface area (Å²) >= 11 is 2.15. The molecule has 2 nitrogen and oxygen atoms in total. The van der Waals surface area contributed by atoms with E-state index in [1.807, 2.05) is 49.1 Å². The Bertz CT molecular complexity index is 386. The van der Waals surface area contributed by atoms with Gasteiger partial charge in [-0.15, -0.1) is 0 Å². The van der Waals surface area contributed by atoms with Gasteiger partial charge in [0, 0.05) is 13.1 Å². The van der Waals surface area contributed by atoms with Crippen LogP contribution >= 0.6 is 22.6 Å². The van der Waals surface area contributed by atoms with Crippen LogP contribution in [-0.4, -0.2) is 21.3 Å². The van der Waals surface area contributed by atoms with E-state index in [1.54, 1.807) is 0 Å². The number of benzene rings is 1. The molecule has 0 heterocycles. The van der Waals surface area contributed by atoms with Gasteiger partial charge in [0.25, 0.3) is 0 Å². The molecule has 1 aromatic carbocycles. The third kappa shape index (κ3) is 4.89. The molecular formula is C14H18INO. The summed E-state index contributed by atoms with van der Waals surface area (Å²) in [5.41, 5.74) is 2.16. The third-order valence-electron chi connectivity index (χ3n) is 2.33. The lowest BCUT2D eigenvalue weighted by Crippen LogP contribution is -2.36. The average Bonchev–Trinajstić information content (AvgIpc) is 2.28. The molecule has 1 amide bonds. The standard InChI is InChI=1S/C14H18INO/c1-11(2)9-16(14(17)12(3)15)10-13-7-5-4-6-8-13/h4-8,12H,1,9-10H2,2-3H3. The number of rotatable bonds is 5. The van der Waals surface area contributed by atoms with E-state index in [9.17, 15) is 4.79 Å². The quantitative estimate of drug-likeness (QED) is 0.456. The minimum Gasteiger partial charge on any atom is -0.333 e. The Morgan fingerprint density at radius 1 is 1.41 bits per heavy atom. The van der Waals surface area contributed by atoms with Gasteiger partial charge in [-0.3, -0.25) is 4.79 Å². The van der Waals surface area contributed by atoms with Crippen molar-refractivity contribution in [2.45, 2.75) is 24.3 Å². The molecule has 0 aliphatic rings. The van der Waals surface area contributed by atoms with Crippen molar-refractivity contribution in [3.05, 3.63) is 48.0 Å². The molecule has 0 saturated carbocycles. The molecule has 17 heavy (non-hydrogen) atoms. The molecule has 0 radical (unpaired) electrons. The van der Waals surface area contributed by atoms with Gasteiger partial charge in [-0.1, -0.05) is 65.1 Å². The van der Waals surface area contributed by atoms with Crippen LogP contribution in [0.15, 0.2) is 42.5 Å². The minimum atomic E-state index is -0.00402. The molecule has 0 fully saturated rings. The first-order valence-electron chi connectivity index (χ1n) is 5.62. The topological polar surface area (TPSA) is 20.3 Å². The number of alkyl halides is 1. The minimum absolute atomic E-state index is 0.00402. The predicted octanol–water partition coefficient (Wildman–Crippen LogP) is 3.41. The zero-order chi connectivity index (χ0) is 12.8. The summed E-state index contributed by atoms with van der Waals surface area (Å²) in [7, 11) is 0. The van der Waals surface area contributed by atoms with E-state index in [2.05, 4.69) is 29.2 Å². The van der Waals surface area contributed by atoms with Crippen molar-refractivity contribution in [2.24, 2.45) is 0 Å². The molecule has 1 aromatic rings. The molecule has 0 spiro atoms. The van der Waals surface area contributed by atoms with Gasteiger partial charge in [0.2, 0.25) is 5.91 Å². The fourth-order valence-electron chi connectivity index (χ4n) is 1.59. The van der Waals surface area contributed by atoms with Crippen LogP contribution in [0.25, 0.3) is 0 Å². The van der Waals surface area contributed by atoms with Gasteiger partial charge in [0.1, 0.15) is 0 Å². The Labute approximate surface area is 117 Å².